The fraction of sp³-hybridized carbons (Fsp3) is 0.133. The Bertz CT molecular complexity index is 976. The molecule has 0 aliphatic carbocycles. The highest BCUT2D eigenvalue weighted by Gasteiger charge is 2.32. The quantitative estimate of drug-likeness (QED) is 0.620. The number of carbonyl (C=O) groups excluding carboxylic acids is 1. The number of fused-ring (bicyclic) bond motifs is 1. The van der Waals surface area contributed by atoms with Gasteiger partial charge in [-0.05, 0) is 24.3 Å². The third kappa shape index (κ3) is 4.07. The number of benzene rings is 1. The van der Waals surface area contributed by atoms with Crippen molar-refractivity contribution in [2.24, 2.45) is 0 Å². The minimum Gasteiger partial charge on any atom is -0.331 e. The van der Waals surface area contributed by atoms with Crippen molar-refractivity contribution in [3.05, 3.63) is 57.4 Å². The first-order valence-electron chi connectivity index (χ1n) is 7.15. The summed E-state index contributed by atoms with van der Waals surface area (Å²) in [5.41, 5.74) is -0.316. The number of urea groups is 1. The lowest BCUT2D eigenvalue weighted by Crippen LogP contribution is -2.29. The van der Waals surface area contributed by atoms with Gasteiger partial charge in [-0.2, -0.15) is 13.2 Å². The van der Waals surface area contributed by atoms with Crippen LogP contribution in [-0.2, 0) is 12.7 Å². The van der Waals surface area contributed by atoms with E-state index in [1.165, 1.54) is 0 Å². The van der Waals surface area contributed by atoms with Crippen LogP contribution in [0.3, 0.4) is 0 Å². The van der Waals surface area contributed by atoms with Crippen LogP contribution >= 0.6 is 27.5 Å². The van der Waals surface area contributed by atoms with Crippen molar-refractivity contribution in [2.75, 3.05) is 5.32 Å². The fourth-order valence-corrected chi connectivity index (χ4v) is 2.82. The molecule has 1 aromatic carbocycles. The molecule has 136 valence electrons. The van der Waals surface area contributed by atoms with Gasteiger partial charge < -0.3 is 10.6 Å². The predicted molar refractivity (Wildman–Crippen MR) is 93.0 cm³/mol. The zero-order valence-corrected chi connectivity index (χ0v) is 15.2. The maximum absolute atomic E-state index is 12.9. The second kappa shape index (κ2) is 7.12. The van der Waals surface area contributed by atoms with E-state index in [-0.39, 0.29) is 23.0 Å². The summed E-state index contributed by atoms with van der Waals surface area (Å²) in [5.74, 6) is 0.109. The molecule has 6 nitrogen and oxygen atoms in total. The van der Waals surface area contributed by atoms with E-state index in [4.69, 9.17) is 11.6 Å². The standard InChI is InChI=1S/C15H10BrClF3N5O/c16-9-2-1-3-10(5-9)22-14(26)21-6-12-23-24-13-11(17)4-8(7-25(12)13)15(18,19)20/h1-5,7H,6H2,(H2,21,22,26). The highest BCUT2D eigenvalue weighted by atomic mass is 79.9. The molecule has 0 unspecified atom stereocenters. The maximum Gasteiger partial charge on any atom is 0.417 e. The summed E-state index contributed by atoms with van der Waals surface area (Å²) >= 11 is 9.12. The highest BCUT2D eigenvalue weighted by Crippen LogP contribution is 2.32. The number of halogens is 5. The Morgan fingerprint density at radius 1 is 1.27 bits per heavy atom. The number of aromatic nitrogens is 3. The molecular weight excluding hydrogens is 439 g/mol. The van der Waals surface area contributed by atoms with Gasteiger partial charge in [0.15, 0.2) is 11.5 Å². The van der Waals surface area contributed by atoms with Gasteiger partial charge in [0.25, 0.3) is 0 Å². The van der Waals surface area contributed by atoms with Crippen LogP contribution in [0, 0.1) is 0 Å². The van der Waals surface area contributed by atoms with Gasteiger partial charge in [-0.3, -0.25) is 4.40 Å². The Labute approximate surface area is 158 Å². The van der Waals surface area contributed by atoms with Gasteiger partial charge in [-0.15, -0.1) is 10.2 Å². The lowest BCUT2D eigenvalue weighted by Gasteiger charge is -2.10. The van der Waals surface area contributed by atoms with Crippen LogP contribution in [0.25, 0.3) is 5.65 Å². The van der Waals surface area contributed by atoms with Crippen molar-refractivity contribution in [1.29, 1.82) is 0 Å². The molecule has 3 rings (SSSR count). The van der Waals surface area contributed by atoms with E-state index in [2.05, 4.69) is 36.8 Å². The Hall–Kier alpha value is -2.33. The Morgan fingerprint density at radius 2 is 2.04 bits per heavy atom. The molecule has 0 bridgehead atoms. The van der Waals surface area contributed by atoms with E-state index in [1.54, 1.807) is 24.3 Å². The van der Waals surface area contributed by atoms with E-state index in [9.17, 15) is 18.0 Å². The molecule has 0 fully saturated rings. The normalized spacial score (nSPS) is 11.6. The molecule has 0 spiro atoms. The number of nitrogens with one attached hydrogen (secondary N) is 2. The van der Waals surface area contributed by atoms with Crippen molar-refractivity contribution < 1.29 is 18.0 Å². The zero-order chi connectivity index (χ0) is 18.9. The number of alkyl halides is 3. The third-order valence-corrected chi connectivity index (χ3v) is 4.12. The minimum atomic E-state index is -4.56. The molecule has 2 aromatic heterocycles. The molecule has 11 heteroatoms. The lowest BCUT2D eigenvalue weighted by molar-refractivity contribution is -0.137. The number of anilines is 1. The van der Waals surface area contributed by atoms with Crippen molar-refractivity contribution in [1.82, 2.24) is 19.9 Å². The van der Waals surface area contributed by atoms with Gasteiger partial charge >= 0.3 is 12.2 Å². The summed E-state index contributed by atoms with van der Waals surface area (Å²) < 4.78 is 40.7. The molecule has 0 saturated carbocycles. The number of pyridine rings is 1. The Balaban J connectivity index is 1.76. The van der Waals surface area contributed by atoms with Crippen LogP contribution in [-0.4, -0.2) is 20.6 Å². The van der Waals surface area contributed by atoms with Gasteiger partial charge in [0.1, 0.15) is 0 Å². The second-order valence-corrected chi connectivity index (χ2v) is 6.53. The van der Waals surface area contributed by atoms with E-state index in [1.807, 2.05) is 0 Å². The first-order chi connectivity index (χ1) is 12.2. The third-order valence-electron chi connectivity index (χ3n) is 3.35. The Morgan fingerprint density at radius 3 is 2.73 bits per heavy atom. The molecule has 0 radical (unpaired) electrons. The highest BCUT2D eigenvalue weighted by molar-refractivity contribution is 9.10. The van der Waals surface area contributed by atoms with Crippen LogP contribution in [0.1, 0.15) is 11.4 Å². The monoisotopic (exact) mass is 447 g/mol. The number of hydrogen-bond donors (Lipinski definition) is 2. The molecule has 2 heterocycles. The molecule has 26 heavy (non-hydrogen) atoms. The summed E-state index contributed by atoms with van der Waals surface area (Å²) in [4.78, 5) is 11.9. The van der Waals surface area contributed by atoms with Gasteiger partial charge in [0.2, 0.25) is 0 Å². The first-order valence-corrected chi connectivity index (χ1v) is 8.32. The second-order valence-electron chi connectivity index (χ2n) is 5.20. The van der Waals surface area contributed by atoms with E-state index in [0.29, 0.717) is 5.69 Å². The topological polar surface area (TPSA) is 71.3 Å². The molecule has 2 N–H and O–H groups in total. The van der Waals surface area contributed by atoms with E-state index >= 15 is 0 Å². The predicted octanol–water partition coefficient (Wildman–Crippen LogP) is 4.49. The zero-order valence-electron chi connectivity index (χ0n) is 12.8. The molecule has 0 aliphatic rings. The van der Waals surface area contributed by atoms with Crippen LogP contribution in [0.5, 0.6) is 0 Å². The number of carbonyl (C=O) groups is 1. The summed E-state index contributed by atoms with van der Waals surface area (Å²) in [6.07, 6.45) is -3.73. The summed E-state index contributed by atoms with van der Waals surface area (Å²) in [5, 5.41) is 12.5. The molecular formula is C15H10BrClF3N5O. The van der Waals surface area contributed by atoms with Gasteiger partial charge in [0, 0.05) is 16.4 Å². The molecule has 0 saturated heterocycles. The van der Waals surface area contributed by atoms with Gasteiger partial charge in [-0.1, -0.05) is 33.6 Å². The van der Waals surface area contributed by atoms with Crippen molar-refractivity contribution >= 4 is 44.9 Å². The van der Waals surface area contributed by atoms with Gasteiger partial charge in [-0.25, -0.2) is 4.79 Å². The van der Waals surface area contributed by atoms with Crippen LogP contribution in [0.4, 0.5) is 23.7 Å². The van der Waals surface area contributed by atoms with E-state index < -0.39 is 17.8 Å². The fourth-order valence-electron chi connectivity index (χ4n) is 2.18. The largest absolute Gasteiger partial charge is 0.417 e. The van der Waals surface area contributed by atoms with Crippen LogP contribution in [0.2, 0.25) is 5.02 Å². The minimum absolute atomic E-state index is 0.0730. The average molecular weight is 449 g/mol. The van der Waals surface area contributed by atoms with Crippen molar-refractivity contribution in [2.45, 2.75) is 12.7 Å². The van der Waals surface area contributed by atoms with Crippen molar-refractivity contribution in [3.8, 4) is 0 Å². The summed E-state index contributed by atoms with van der Waals surface area (Å²) in [7, 11) is 0. The summed E-state index contributed by atoms with van der Waals surface area (Å²) in [6.45, 7) is -0.140. The number of hydrogen-bond acceptors (Lipinski definition) is 3. The molecule has 3 aromatic rings. The van der Waals surface area contributed by atoms with Gasteiger partial charge in [0.05, 0.1) is 17.1 Å². The molecule has 0 atom stereocenters. The van der Waals surface area contributed by atoms with Crippen LogP contribution in [0.15, 0.2) is 41.0 Å². The SMILES string of the molecule is O=C(NCc1nnc2c(Cl)cc(C(F)(F)F)cn12)Nc1cccc(Br)c1. The molecule has 0 aliphatic heterocycles. The van der Waals surface area contributed by atoms with E-state index in [0.717, 1.165) is 21.1 Å². The van der Waals surface area contributed by atoms with Crippen LogP contribution < -0.4 is 10.6 Å². The average Bonchev–Trinajstić information content (AvgIpc) is 2.96. The first kappa shape index (κ1) is 18.5. The smallest absolute Gasteiger partial charge is 0.331 e. The molecule has 2 amide bonds. The number of amides is 2. The summed E-state index contributed by atoms with van der Waals surface area (Å²) in [6, 6.07) is 7.16. The maximum atomic E-state index is 12.9. The van der Waals surface area contributed by atoms with Crippen molar-refractivity contribution in [3.63, 3.8) is 0 Å². The number of nitrogens with zero attached hydrogens (tertiary/aromatic N) is 3. The number of rotatable bonds is 3. The Kier molecular flexibility index (Phi) is 5.05. The lowest BCUT2D eigenvalue weighted by atomic mass is 10.3.